The van der Waals surface area contributed by atoms with Crippen molar-refractivity contribution in [2.24, 2.45) is 0 Å². The van der Waals surface area contributed by atoms with Crippen LogP contribution in [0.15, 0.2) is 33.2 Å². The maximum Gasteiger partial charge on any atom is 0.183 e. The van der Waals surface area contributed by atoms with E-state index in [2.05, 4.69) is 20.9 Å². The number of benzene rings is 1. The van der Waals surface area contributed by atoms with Crippen LogP contribution in [-0.4, -0.2) is 13.4 Å². The van der Waals surface area contributed by atoms with Crippen LogP contribution in [0.3, 0.4) is 0 Å². The van der Waals surface area contributed by atoms with Gasteiger partial charge in [0.2, 0.25) is 0 Å². The van der Waals surface area contributed by atoms with Crippen molar-refractivity contribution in [1.82, 2.24) is 4.98 Å². The number of thiazole rings is 1. The second-order valence-electron chi connectivity index (χ2n) is 4.08. The lowest BCUT2D eigenvalue weighted by molar-refractivity contribution is 0.595. The highest BCUT2D eigenvalue weighted by atomic mass is 79.9. The highest BCUT2D eigenvalue weighted by Gasteiger charge is 2.17. The first-order valence-corrected chi connectivity index (χ1v) is 8.55. The number of hydrogen-bond donors (Lipinski definition) is 0. The normalized spacial score (nSPS) is 11.7. The second-order valence-corrected chi connectivity index (χ2v) is 8.47. The fourth-order valence-electron chi connectivity index (χ4n) is 1.53. The van der Waals surface area contributed by atoms with E-state index in [1.807, 2.05) is 19.9 Å². The summed E-state index contributed by atoms with van der Waals surface area (Å²) in [5.74, 6) is -0.00122. The molecule has 0 unspecified atom stereocenters. The Balaban J connectivity index is 2.33. The minimum atomic E-state index is -3.29. The Morgan fingerprint density at radius 2 is 2.00 bits per heavy atom. The van der Waals surface area contributed by atoms with Crippen molar-refractivity contribution >= 4 is 37.1 Å². The molecule has 0 radical (unpaired) electrons. The van der Waals surface area contributed by atoms with Crippen LogP contribution in [0.4, 0.5) is 0 Å². The van der Waals surface area contributed by atoms with Crippen molar-refractivity contribution in [1.29, 1.82) is 0 Å². The van der Waals surface area contributed by atoms with E-state index in [-0.39, 0.29) is 5.75 Å². The molecule has 1 heterocycles. The number of aryl methyl sites for hydroxylation is 2. The molecule has 2 aromatic rings. The molecular formula is C12H12BrNO2S2. The van der Waals surface area contributed by atoms with Crippen LogP contribution in [-0.2, 0) is 15.6 Å². The molecule has 1 aromatic heterocycles. The lowest BCUT2D eigenvalue weighted by Crippen LogP contribution is -2.04. The Labute approximate surface area is 119 Å². The minimum Gasteiger partial charge on any atom is -0.237 e. The van der Waals surface area contributed by atoms with Crippen LogP contribution in [0.1, 0.15) is 16.0 Å². The lowest BCUT2D eigenvalue weighted by atomic mass is 10.1. The largest absolute Gasteiger partial charge is 0.237 e. The van der Waals surface area contributed by atoms with E-state index in [0.29, 0.717) is 8.81 Å². The van der Waals surface area contributed by atoms with E-state index in [1.165, 1.54) is 11.3 Å². The predicted octanol–water partition coefficient (Wildman–Crippen LogP) is 3.50. The summed E-state index contributed by atoms with van der Waals surface area (Å²) < 4.78 is 25.2. The van der Waals surface area contributed by atoms with E-state index in [1.54, 1.807) is 18.3 Å². The van der Waals surface area contributed by atoms with Crippen molar-refractivity contribution in [2.45, 2.75) is 24.5 Å². The summed E-state index contributed by atoms with van der Waals surface area (Å²) in [6.07, 6.45) is 1.59. The van der Waals surface area contributed by atoms with Gasteiger partial charge in [0.05, 0.1) is 10.6 Å². The average Bonchev–Trinajstić information content (AvgIpc) is 2.67. The summed E-state index contributed by atoms with van der Waals surface area (Å²) in [5, 5.41) is 0. The van der Waals surface area contributed by atoms with Crippen molar-refractivity contribution < 1.29 is 8.42 Å². The van der Waals surface area contributed by atoms with Gasteiger partial charge in [-0.05, 0) is 53.0 Å². The predicted molar refractivity (Wildman–Crippen MR) is 76.6 cm³/mol. The highest BCUT2D eigenvalue weighted by Crippen LogP contribution is 2.24. The topological polar surface area (TPSA) is 47.0 Å². The highest BCUT2D eigenvalue weighted by molar-refractivity contribution is 9.11. The lowest BCUT2D eigenvalue weighted by Gasteiger charge is -2.05. The molecule has 0 spiro atoms. The fourth-order valence-corrected chi connectivity index (χ4v) is 4.63. The Morgan fingerprint density at radius 1 is 1.28 bits per heavy atom. The summed E-state index contributed by atoms with van der Waals surface area (Å²) >= 11 is 4.57. The molecule has 3 nitrogen and oxygen atoms in total. The van der Waals surface area contributed by atoms with E-state index in [0.717, 1.165) is 16.0 Å². The molecule has 0 aliphatic rings. The number of hydrogen-bond acceptors (Lipinski definition) is 4. The Kier molecular flexibility index (Phi) is 3.89. The van der Waals surface area contributed by atoms with Crippen LogP contribution in [0.25, 0.3) is 0 Å². The monoisotopic (exact) mass is 345 g/mol. The van der Waals surface area contributed by atoms with Gasteiger partial charge < -0.3 is 0 Å². The van der Waals surface area contributed by atoms with Gasteiger partial charge in [-0.2, -0.15) is 0 Å². The zero-order valence-corrected chi connectivity index (χ0v) is 13.2. The summed E-state index contributed by atoms with van der Waals surface area (Å²) in [7, 11) is -3.29. The van der Waals surface area contributed by atoms with Gasteiger partial charge >= 0.3 is 0 Å². The molecule has 2 rings (SSSR count). The molecule has 18 heavy (non-hydrogen) atoms. The van der Waals surface area contributed by atoms with Crippen LogP contribution < -0.4 is 0 Å². The smallest absolute Gasteiger partial charge is 0.183 e. The molecular weight excluding hydrogens is 334 g/mol. The molecule has 0 saturated carbocycles. The first-order chi connectivity index (χ1) is 8.38. The zero-order chi connectivity index (χ0) is 13.3. The molecule has 0 amide bonds. The maximum atomic E-state index is 12.2. The summed E-state index contributed by atoms with van der Waals surface area (Å²) in [6, 6.07) is 5.22. The summed E-state index contributed by atoms with van der Waals surface area (Å²) in [4.78, 5) is 5.10. The van der Waals surface area contributed by atoms with Gasteiger partial charge in [-0.1, -0.05) is 6.07 Å². The number of nitrogens with zero attached hydrogens (tertiary/aromatic N) is 1. The second kappa shape index (κ2) is 5.11. The summed E-state index contributed by atoms with van der Waals surface area (Å²) in [6.45, 7) is 3.88. The fraction of sp³-hybridized carbons (Fsp3) is 0.250. The third kappa shape index (κ3) is 2.99. The Bertz CT molecular complexity index is 677. The quantitative estimate of drug-likeness (QED) is 0.855. The van der Waals surface area contributed by atoms with Gasteiger partial charge in [-0.3, -0.25) is 0 Å². The molecule has 96 valence electrons. The van der Waals surface area contributed by atoms with Gasteiger partial charge in [-0.25, -0.2) is 13.4 Å². The van der Waals surface area contributed by atoms with Gasteiger partial charge in [0.1, 0.15) is 0 Å². The number of rotatable bonds is 3. The molecule has 0 aliphatic carbocycles. The summed E-state index contributed by atoms with van der Waals surface area (Å²) in [5.41, 5.74) is 2.08. The van der Waals surface area contributed by atoms with Crippen molar-refractivity contribution in [2.75, 3.05) is 0 Å². The van der Waals surface area contributed by atoms with E-state index >= 15 is 0 Å². The standard InChI is InChI=1S/C12H12BrNO2S2/c1-8-3-4-11(5-9(8)2)18(15,16)7-10-6-14-12(13)17-10/h3-6H,7H2,1-2H3. The number of halogens is 1. The molecule has 0 bridgehead atoms. The van der Waals surface area contributed by atoms with Crippen molar-refractivity contribution in [3.63, 3.8) is 0 Å². The molecule has 0 aliphatic heterocycles. The molecule has 6 heteroatoms. The van der Waals surface area contributed by atoms with Crippen LogP contribution >= 0.6 is 27.3 Å². The Hall–Kier alpha value is -0.720. The van der Waals surface area contributed by atoms with Crippen LogP contribution in [0.5, 0.6) is 0 Å². The van der Waals surface area contributed by atoms with Crippen molar-refractivity contribution in [3.05, 3.63) is 44.3 Å². The molecule has 0 saturated heterocycles. The van der Waals surface area contributed by atoms with Crippen LogP contribution in [0, 0.1) is 13.8 Å². The molecule has 1 aromatic carbocycles. The Morgan fingerprint density at radius 3 is 2.56 bits per heavy atom. The van der Waals surface area contributed by atoms with Gasteiger partial charge in [0.15, 0.2) is 13.8 Å². The van der Waals surface area contributed by atoms with Crippen molar-refractivity contribution in [3.8, 4) is 0 Å². The first kappa shape index (κ1) is 13.7. The van der Waals surface area contributed by atoms with E-state index < -0.39 is 9.84 Å². The maximum absolute atomic E-state index is 12.2. The molecule has 0 N–H and O–H groups in total. The number of aromatic nitrogens is 1. The minimum absolute atomic E-state index is 0.00122. The van der Waals surface area contributed by atoms with Gasteiger partial charge in [0, 0.05) is 11.1 Å². The average molecular weight is 346 g/mol. The van der Waals surface area contributed by atoms with E-state index in [4.69, 9.17) is 0 Å². The SMILES string of the molecule is Cc1ccc(S(=O)(=O)Cc2cnc(Br)s2)cc1C. The third-order valence-electron chi connectivity index (χ3n) is 2.70. The van der Waals surface area contributed by atoms with E-state index in [9.17, 15) is 8.42 Å². The zero-order valence-electron chi connectivity index (χ0n) is 9.97. The molecule has 0 fully saturated rings. The van der Waals surface area contributed by atoms with Gasteiger partial charge in [-0.15, -0.1) is 11.3 Å². The third-order valence-corrected chi connectivity index (χ3v) is 6.02. The number of sulfone groups is 1. The van der Waals surface area contributed by atoms with Gasteiger partial charge in [0.25, 0.3) is 0 Å². The first-order valence-electron chi connectivity index (χ1n) is 5.29. The molecule has 0 atom stereocenters. The van der Waals surface area contributed by atoms with Crippen LogP contribution in [0.2, 0.25) is 0 Å².